The van der Waals surface area contributed by atoms with Crippen LogP contribution in [0.2, 0.25) is 0 Å². The van der Waals surface area contributed by atoms with Crippen molar-refractivity contribution in [3.63, 3.8) is 0 Å². The van der Waals surface area contributed by atoms with E-state index in [2.05, 4.69) is 43.5 Å². The van der Waals surface area contributed by atoms with Crippen LogP contribution in [0.15, 0.2) is 5.38 Å². The topological polar surface area (TPSA) is 52.0 Å². The van der Waals surface area contributed by atoms with Crippen LogP contribution in [0.25, 0.3) is 0 Å². The van der Waals surface area contributed by atoms with Crippen LogP contribution < -0.4 is 5.32 Å². The number of hydrogen-bond acceptors (Lipinski definition) is 5. The van der Waals surface area contributed by atoms with Crippen LogP contribution in [-0.4, -0.2) is 27.4 Å². The molecule has 0 unspecified atom stereocenters. The van der Waals surface area contributed by atoms with Crippen LogP contribution in [0, 0.1) is 13.8 Å². The van der Waals surface area contributed by atoms with E-state index in [9.17, 15) is 0 Å². The van der Waals surface area contributed by atoms with E-state index in [0.29, 0.717) is 12.0 Å². The lowest BCUT2D eigenvalue weighted by Crippen LogP contribution is -2.31. The molecule has 0 bridgehead atoms. The first-order valence-electron chi connectivity index (χ1n) is 8.26. The molecule has 3 heterocycles. The van der Waals surface area contributed by atoms with Crippen molar-refractivity contribution in [2.45, 2.75) is 58.7 Å². The molecule has 1 saturated heterocycles. The fourth-order valence-corrected chi connectivity index (χ4v) is 4.02. The molecular weight excluding hydrogens is 308 g/mol. The predicted octanol–water partition coefficient (Wildman–Crippen LogP) is 3.24. The minimum atomic E-state index is 0.0897. The molecule has 2 aromatic rings. The molecule has 1 aliphatic rings. The molecule has 2 atom stereocenters. The average molecular weight is 334 g/mol. The Bertz CT molecular complexity index is 676. The van der Waals surface area contributed by atoms with Crippen molar-refractivity contribution in [1.82, 2.24) is 20.1 Å². The van der Waals surface area contributed by atoms with Gasteiger partial charge in [-0.15, -0.1) is 11.3 Å². The number of hydrogen-bond donors (Lipinski definition) is 1. The van der Waals surface area contributed by atoms with E-state index in [1.165, 1.54) is 16.3 Å². The lowest BCUT2D eigenvalue weighted by molar-refractivity contribution is 0.0973. The zero-order valence-electron chi connectivity index (χ0n) is 14.6. The van der Waals surface area contributed by atoms with Crippen molar-refractivity contribution in [2.24, 2.45) is 7.05 Å². The number of thiazole rings is 1. The summed E-state index contributed by atoms with van der Waals surface area (Å²) >= 11 is 1.75. The first-order chi connectivity index (χ1) is 11.0. The highest BCUT2D eigenvalue weighted by Gasteiger charge is 2.33. The molecule has 1 N–H and O–H groups in total. The van der Waals surface area contributed by atoms with Crippen LogP contribution in [0.3, 0.4) is 0 Å². The SMILES string of the molecule is Cc1nn(C)c(C)c1[C@H]1OCC[C@@H]1NCc1csc(C(C)C)n1. The first-order valence-corrected chi connectivity index (χ1v) is 9.14. The maximum atomic E-state index is 6.02. The van der Waals surface area contributed by atoms with Crippen molar-refractivity contribution >= 4 is 11.3 Å². The Morgan fingerprint density at radius 1 is 1.43 bits per heavy atom. The van der Waals surface area contributed by atoms with Gasteiger partial charge in [-0.3, -0.25) is 4.68 Å². The summed E-state index contributed by atoms with van der Waals surface area (Å²) in [5.41, 5.74) is 4.63. The lowest BCUT2D eigenvalue weighted by Gasteiger charge is -2.20. The van der Waals surface area contributed by atoms with Crippen molar-refractivity contribution in [3.8, 4) is 0 Å². The zero-order valence-corrected chi connectivity index (χ0v) is 15.4. The second kappa shape index (κ2) is 6.71. The fourth-order valence-electron chi connectivity index (χ4n) is 3.19. The normalized spacial score (nSPS) is 21.5. The van der Waals surface area contributed by atoms with Crippen LogP contribution in [0.5, 0.6) is 0 Å². The third-order valence-electron chi connectivity index (χ3n) is 4.55. The van der Waals surface area contributed by atoms with Gasteiger partial charge in [0.2, 0.25) is 0 Å². The van der Waals surface area contributed by atoms with Gasteiger partial charge in [0.25, 0.3) is 0 Å². The molecular formula is C17H26N4OS. The summed E-state index contributed by atoms with van der Waals surface area (Å²) in [6, 6.07) is 0.320. The summed E-state index contributed by atoms with van der Waals surface area (Å²) in [4.78, 5) is 4.71. The summed E-state index contributed by atoms with van der Waals surface area (Å²) in [6.07, 6.45) is 1.12. The molecule has 5 nitrogen and oxygen atoms in total. The van der Waals surface area contributed by atoms with E-state index in [4.69, 9.17) is 9.72 Å². The average Bonchev–Trinajstić information content (AvgIpc) is 3.18. The van der Waals surface area contributed by atoms with Gasteiger partial charge in [-0.05, 0) is 20.3 Å². The highest BCUT2D eigenvalue weighted by molar-refractivity contribution is 7.09. The smallest absolute Gasteiger partial charge is 0.101 e. The Hall–Kier alpha value is -1.24. The van der Waals surface area contributed by atoms with Gasteiger partial charge < -0.3 is 10.1 Å². The Balaban J connectivity index is 1.69. The Morgan fingerprint density at radius 2 is 2.22 bits per heavy atom. The summed E-state index contributed by atoms with van der Waals surface area (Å²) in [7, 11) is 1.99. The molecule has 0 aliphatic carbocycles. The summed E-state index contributed by atoms with van der Waals surface area (Å²) in [6.45, 7) is 10.1. The highest BCUT2D eigenvalue weighted by atomic mass is 32.1. The van der Waals surface area contributed by atoms with E-state index in [1.54, 1.807) is 11.3 Å². The van der Waals surface area contributed by atoms with Crippen molar-refractivity contribution in [3.05, 3.63) is 33.0 Å². The molecule has 2 aromatic heterocycles. The van der Waals surface area contributed by atoms with Crippen molar-refractivity contribution in [2.75, 3.05) is 6.61 Å². The second-order valence-corrected chi connectivity index (χ2v) is 7.50. The lowest BCUT2D eigenvalue weighted by atomic mass is 10.0. The maximum absolute atomic E-state index is 6.02. The van der Waals surface area contributed by atoms with E-state index in [-0.39, 0.29) is 6.10 Å². The number of ether oxygens (including phenoxy) is 1. The fraction of sp³-hybridized carbons (Fsp3) is 0.647. The molecule has 0 saturated carbocycles. The van der Waals surface area contributed by atoms with Crippen molar-refractivity contribution < 1.29 is 4.74 Å². The molecule has 0 aromatic carbocycles. The summed E-state index contributed by atoms with van der Waals surface area (Å²) in [5, 5.41) is 11.5. The summed E-state index contributed by atoms with van der Waals surface area (Å²) in [5.74, 6) is 0.497. The highest BCUT2D eigenvalue weighted by Crippen LogP contribution is 2.33. The molecule has 6 heteroatoms. The second-order valence-electron chi connectivity index (χ2n) is 6.61. The molecule has 0 spiro atoms. The first kappa shape index (κ1) is 16.6. The van der Waals surface area contributed by atoms with Gasteiger partial charge in [-0.2, -0.15) is 5.10 Å². The zero-order chi connectivity index (χ0) is 16.6. The third-order valence-corrected chi connectivity index (χ3v) is 5.74. The van der Waals surface area contributed by atoms with Gasteiger partial charge in [0.05, 0.1) is 16.4 Å². The van der Waals surface area contributed by atoms with Crippen LogP contribution in [0.4, 0.5) is 0 Å². The monoisotopic (exact) mass is 334 g/mol. The molecule has 0 radical (unpaired) electrons. The quantitative estimate of drug-likeness (QED) is 0.912. The van der Waals surface area contributed by atoms with Gasteiger partial charge in [0.15, 0.2) is 0 Å². The number of nitrogens with one attached hydrogen (secondary N) is 1. The molecule has 1 fully saturated rings. The molecule has 0 amide bonds. The number of aryl methyl sites for hydroxylation is 2. The maximum Gasteiger partial charge on any atom is 0.101 e. The standard InChI is InChI=1S/C17H26N4OS/c1-10(2)17-19-13(9-23-17)8-18-14-6-7-22-16(14)15-11(3)20-21(5)12(15)4/h9-10,14,16,18H,6-8H2,1-5H3/t14-,16-/m0/s1. The Labute approximate surface area is 142 Å². The molecule has 1 aliphatic heterocycles. The molecule has 23 heavy (non-hydrogen) atoms. The largest absolute Gasteiger partial charge is 0.372 e. The third kappa shape index (κ3) is 3.34. The van der Waals surface area contributed by atoms with Gasteiger partial charge in [0.1, 0.15) is 6.10 Å². The van der Waals surface area contributed by atoms with E-state index >= 15 is 0 Å². The number of nitrogens with zero attached hydrogens (tertiary/aromatic N) is 3. The van der Waals surface area contributed by atoms with E-state index in [1.807, 2.05) is 11.7 Å². The van der Waals surface area contributed by atoms with Crippen LogP contribution in [-0.2, 0) is 18.3 Å². The van der Waals surface area contributed by atoms with Gasteiger partial charge in [-0.25, -0.2) is 4.98 Å². The number of aromatic nitrogens is 3. The van der Waals surface area contributed by atoms with Crippen LogP contribution in [0.1, 0.15) is 59.9 Å². The van der Waals surface area contributed by atoms with Gasteiger partial charge in [0, 0.05) is 48.8 Å². The van der Waals surface area contributed by atoms with Crippen LogP contribution >= 0.6 is 11.3 Å². The Morgan fingerprint density at radius 3 is 2.83 bits per heavy atom. The summed E-state index contributed by atoms with van der Waals surface area (Å²) < 4.78 is 7.97. The minimum Gasteiger partial charge on any atom is -0.372 e. The minimum absolute atomic E-state index is 0.0897. The van der Waals surface area contributed by atoms with E-state index < -0.39 is 0 Å². The Kier molecular flexibility index (Phi) is 4.85. The van der Waals surface area contributed by atoms with Gasteiger partial charge >= 0.3 is 0 Å². The molecule has 126 valence electrons. The van der Waals surface area contributed by atoms with Crippen molar-refractivity contribution in [1.29, 1.82) is 0 Å². The van der Waals surface area contributed by atoms with E-state index in [0.717, 1.165) is 31.0 Å². The number of rotatable bonds is 5. The predicted molar refractivity (Wildman–Crippen MR) is 92.8 cm³/mol. The van der Waals surface area contributed by atoms with Gasteiger partial charge in [-0.1, -0.05) is 13.8 Å². The molecule has 3 rings (SSSR count).